The van der Waals surface area contributed by atoms with Crippen molar-refractivity contribution in [2.24, 2.45) is 0 Å². The minimum atomic E-state index is -0.748. The molecule has 3 rings (SSSR count). The summed E-state index contributed by atoms with van der Waals surface area (Å²) in [7, 11) is 0. The summed E-state index contributed by atoms with van der Waals surface area (Å²) in [6.45, 7) is 5.53. The van der Waals surface area contributed by atoms with Gasteiger partial charge < -0.3 is 14.5 Å². The maximum Gasteiger partial charge on any atom is 0.349 e. The average molecular weight is 365 g/mol. The molecule has 0 unspecified atom stereocenters. The predicted molar refractivity (Wildman–Crippen MR) is 101 cm³/mol. The summed E-state index contributed by atoms with van der Waals surface area (Å²) in [6.07, 6.45) is 0. The van der Waals surface area contributed by atoms with E-state index in [0.717, 1.165) is 5.56 Å². The molecule has 27 heavy (non-hydrogen) atoms. The molecular formula is C21H19NO5. The van der Waals surface area contributed by atoms with Gasteiger partial charge in [-0.15, -0.1) is 0 Å². The number of ether oxygens (including phenoxy) is 1. The zero-order chi connectivity index (χ0) is 19.6. The summed E-state index contributed by atoms with van der Waals surface area (Å²) < 4.78 is 10.6. The third-order valence-electron chi connectivity index (χ3n) is 3.87. The Morgan fingerprint density at radius 1 is 1.04 bits per heavy atom. The monoisotopic (exact) mass is 365 g/mol. The van der Waals surface area contributed by atoms with Crippen LogP contribution in [0.3, 0.4) is 0 Å². The number of hydrogen-bond acceptors (Lipinski definition) is 5. The van der Waals surface area contributed by atoms with E-state index in [1.807, 2.05) is 19.1 Å². The van der Waals surface area contributed by atoms with Crippen molar-refractivity contribution in [2.45, 2.75) is 26.8 Å². The van der Waals surface area contributed by atoms with Crippen LogP contribution in [-0.2, 0) is 0 Å². The summed E-state index contributed by atoms with van der Waals surface area (Å²) in [6, 6.07) is 13.0. The van der Waals surface area contributed by atoms with Gasteiger partial charge in [-0.05, 0) is 51.1 Å². The Hall–Kier alpha value is -3.41. The first-order chi connectivity index (χ1) is 12.8. The number of aryl methyl sites for hydroxylation is 1. The fourth-order valence-electron chi connectivity index (χ4n) is 2.51. The van der Waals surface area contributed by atoms with Gasteiger partial charge in [-0.2, -0.15) is 0 Å². The van der Waals surface area contributed by atoms with Crippen LogP contribution in [0.4, 0.5) is 0 Å². The Labute approximate surface area is 155 Å². The second-order valence-electron chi connectivity index (χ2n) is 6.53. The maximum absolute atomic E-state index is 12.2. The van der Waals surface area contributed by atoms with Gasteiger partial charge in [-0.1, -0.05) is 17.7 Å². The molecule has 0 bridgehead atoms. The Balaban J connectivity index is 1.87. The molecule has 3 aromatic rings. The van der Waals surface area contributed by atoms with Gasteiger partial charge in [-0.25, -0.2) is 9.59 Å². The lowest BCUT2D eigenvalue weighted by molar-refractivity contribution is 0.0734. The predicted octanol–water partition coefficient (Wildman–Crippen LogP) is 3.46. The van der Waals surface area contributed by atoms with Crippen molar-refractivity contribution < 1.29 is 18.7 Å². The molecule has 0 aliphatic heterocycles. The Morgan fingerprint density at radius 3 is 2.41 bits per heavy atom. The number of esters is 1. The molecule has 0 aliphatic carbocycles. The van der Waals surface area contributed by atoms with Crippen molar-refractivity contribution in [1.82, 2.24) is 5.32 Å². The third kappa shape index (κ3) is 4.23. The number of hydrogen-bond donors (Lipinski definition) is 1. The molecule has 1 aromatic heterocycles. The van der Waals surface area contributed by atoms with Gasteiger partial charge in [0, 0.05) is 17.5 Å². The standard InChI is InChI=1S/C21H19NO5/c1-12(2)22-19(23)17-10-15-8-9-16(11-18(15)27-21(17)25)26-20(24)14-6-4-13(3)5-7-14/h4-12H,1-3H3,(H,22,23). The zero-order valence-electron chi connectivity index (χ0n) is 15.2. The molecular weight excluding hydrogens is 346 g/mol. The van der Waals surface area contributed by atoms with E-state index >= 15 is 0 Å². The van der Waals surface area contributed by atoms with Gasteiger partial charge in [0.15, 0.2) is 0 Å². The summed E-state index contributed by atoms with van der Waals surface area (Å²) in [4.78, 5) is 36.4. The second-order valence-corrected chi connectivity index (χ2v) is 6.53. The van der Waals surface area contributed by atoms with Crippen LogP contribution < -0.4 is 15.7 Å². The quantitative estimate of drug-likeness (QED) is 0.435. The van der Waals surface area contributed by atoms with E-state index in [2.05, 4.69) is 5.32 Å². The van der Waals surface area contributed by atoms with Gasteiger partial charge in [0.05, 0.1) is 5.56 Å². The van der Waals surface area contributed by atoms with Crippen LogP contribution in [0.1, 0.15) is 40.1 Å². The number of carbonyl (C=O) groups is 2. The van der Waals surface area contributed by atoms with Gasteiger partial charge in [-0.3, -0.25) is 4.79 Å². The molecule has 6 nitrogen and oxygen atoms in total. The second kappa shape index (κ2) is 7.45. The molecule has 1 amide bonds. The highest BCUT2D eigenvalue weighted by Crippen LogP contribution is 2.21. The number of nitrogens with one attached hydrogen (secondary N) is 1. The van der Waals surface area contributed by atoms with Crippen molar-refractivity contribution in [3.05, 3.63) is 75.6 Å². The smallest absolute Gasteiger partial charge is 0.349 e. The maximum atomic E-state index is 12.2. The molecule has 0 atom stereocenters. The lowest BCUT2D eigenvalue weighted by Crippen LogP contribution is -2.33. The van der Waals surface area contributed by atoms with Gasteiger partial charge in [0.25, 0.3) is 5.91 Å². The van der Waals surface area contributed by atoms with Crippen LogP contribution in [0, 0.1) is 6.92 Å². The summed E-state index contributed by atoms with van der Waals surface area (Å²) >= 11 is 0. The molecule has 6 heteroatoms. The van der Waals surface area contributed by atoms with Crippen molar-refractivity contribution in [1.29, 1.82) is 0 Å². The van der Waals surface area contributed by atoms with Gasteiger partial charge in [0.1, 0.15) is 16.9 Å². The molecule has 2 aromatic carbocycles. The summed E-state index contributed by atoms with van der Waals surface area (Å²) in [5.41, 5.74) is 0.873. The molecule has 0 aliphatic rings. The molecule has 0 saturated carbocycles. The van der Waals surface area contributed by atoms with E-state index < -0.39 is 17.5 Å². The van der Waals surface area contributed by atoms with E-state index in [1.54, 1.807) is 38.1 Å². The van der Waals surface area contributed by atoms with E-state index in [1.165, 1.54) is 12.1 Å². The Bertz CT molecular complexity index is 1060. The average Bonchev–Trinajstić information content (AvgIpc) is 2.60. The molecule has 0 fully saturated rings. The molecule has 1 heterocycles. The number of fused-ring (bicyclic) bond motifs is 1. The fourth-order valence-corrected chi connectivity index (χ4v) is 2.51. The highest BCUT2D eigenvalue weighted by molar-refractivity contribution is 5.97. The number of rotatable bonds is 4. The van der Waals surface area contributed by atoms with Gasteiger partial charge >= 0.3 is 11.6 Å². The number of amides is 1. The topological polar surface area (TPSA) is 85.6 Å². The molecule has 1 N–H and O–H groups in total. The summed E-state index contributed by atoms with van der Waals surface area (Å²) in [5, 5.41) is 3.21. The van der Waals surface area contributed by atoms with Crippen LogP contribution in [0.25, 0.3) is 11.0 Å². The first-order valence-corrected chi connectivity index (χ1v) is 8.51. The highest BCUT2D eigenvalue weighted by Gasteiger charge is 2.15. The van der Waals surface area contributed by atoms with E-state index in [4.69, 9.17) is 9.15 Å². The van der Waals surface area contributed by atoms with Crippen molar-refractivity contribution in [3.8, 4) is 5.75 Å². The lowest BCUT2D eigenvalue weighted by Gasteiger charge is -2.08. The SMILES string of the molecule is Cc1ccc(C(=O)Oc2ccc3cc(C(=O)NC(C)C)c(=O)oc3c2)cc1. The number of carbonyl (C=O) groups excluding carboxylic acids is 2. The first-order valence-electron chi connectivity index (χ1n) is 8.51. The van der Waals surface area contributed by atoms with Crippen LogP contribution >= 0.6 is 0 Å². The molecule has 0 radical (unpaired) electrons. The largest absolute Gasteiger partial charge is 0.423 e. The number of benzene rings is 2. The normalized spacial score (nSPS) is 10.8. The van der Waals surface area contributed by atoms with Crippen molar-refractivity contribution in [2.75, 3.05) is 0 Å². The van der Waals surface area contributed by atoms with Crippen molar-refractivity contribution >= 4 is 22.8 Å². The first kappa shape index (κ1) is 18.4. The van der Waals surface area contributed by atoms with Crippen molar-refractivity contribution in [3.63, 3.8) is 0 Å². The van der Waals surface area contributed by atoms with Crippen LogP contribution in [0.2, 0.25) is 0 Å². The van der Waals surface area contributed by atoms with Crippen LogP contribution in [0.15, 0.2) is 57.7 Å². The lowest BCUT2D eigenvalue weighted by atomic mass is 10.1. The third-order valence-corrected chi connectivity index (χ3v) is 3.87. The molecule has 138 valence electrons. The van der Waals surface area contributed by atoms with E-state index in [0.29, 0.717) is 10.9 Å². The van der Waals surface area contributed by atoms with Crippen LogP contribution in [0.5, 0.6) is 5.75 Å². The highest BCUT2D eigenvalue weighted by atomic mass is 16.5. The molecule has 0 spiro atoms. The Morgan fingerprint density at radius 2 is 1.74 bits per heavy atom. The minimum Gasteiger partial charge on any atom is -0.423 e. The zero-order valence-corrected chi connectivity index (χ0v) is 15.2. The van der Waals surface area contributed by atoms with E-state index in [-0.39, 0.29) is 22.9 Å². The minimum absolute atomic E-state index is 0.0689. The fraction of sp³-hybridized carbons (Fsp3) is 0.190. The Kier molecular flexibility index (Phi) is 5.07. The van der Waals surface area contributed by atoms with E-state index in [9.17, 15) is 14.4 Å². The summed E-state index contributed by atoms with van der Waals surface area (Å²) in [5.74, 6) is -0.754. The molecule has 0 saturated heterocycles. The van der Waals surface area contributed by atoms with Crippen LogP contribution in [-0.4, -0.2) is 17.9 Å². The van der Waals surface area contributed by atoms with Gasteiger partial charge in [0.2, 0.25) is 0 Å².